The van der Waals surface area contributed by atoms with E-state index >= 15 is 0 Å². The van der Waals surface area contributed by atoms with E-state index in [9.17, 15) is 24.0 Å². The molecule has 1 rings (SSSR count). The highest BCUT2D eigenvalue weighted by Crippen LogP contribution is 2.29. The van der Waals surface area contributed by atoms with Gasteiger partial charge < -0.3 is 23.7 Å². The van der Waals surface area contributed by atoms with Gasteiger partial charge in [0.15, 0.2) is 18.3 Å². The highest BCUT2D eigenvalue weighted by Gasteiger charge is 2.54. The molecule has 4 atom stereocenters. The Morgan fingerprint density at radius 2 is 0.776 bits per heavy atom. The highest BCUT2D eigenvalue weighted by atomic mass is 16.7. The van der Waals surface area contributed by atoms with Crippen LogP contribution in [0.5, 0.6) is 0 Å². The monoisotopic (exact) mass is 823 g/mol. The number of rotatable bonds is 40. The summed E-state index contributed by atoms with van der Waals surface area (Å²) in [4.78, 5) is 65.8. The Bertz CT molecular complexity index is 1060. The molecule has 58 heavy (non-hydrogen) atoms. The second-order valence-corrected chi connectivity index (χ2v) is 16.7. The van der Waals surface area contributed by atoms with Gasteiger partial charge in [-0.25, -0.2) is 4.79 Å². The topological polar surface area (TPSA) is 132 Å². The summed E-state index contributed by atoms with van der Waals surface area (Å²) < 4.78 is 28.8. The Morgan fingerprint density at radius 3 is 1.17 bits per heavy atom. The van der Waals surface area contributed by atoms with E-state index in [4.69, 9.17) is 23.7 Å². The van der Waals surface area contributed by atoms with Gasteiger partial charge in [0.2, 0.25) is 6.10 Å². The molecule has 1 saturated heterocycles. The van der Waals surface area contributed by atoms with Gasteiger partial charge in [-0.1, -0.05) is 195 Å². The van der Waals surface area contributed by atoms with Crippen molar-refractivity contribution < 1.29 is 47.7 Å². The first-order valence-corrected chi connectivity index (χ1v) is 24.2. The fourth-order valence-electron chi connectivity index (χ4n) is 7.45. The van der Waals surface area contributed by atoms with Crippen LogP contribution in [0.3, 0.4) is 0 Å². The maximum atomic E-state index is 13.4. The van der Waals surface area contributed by atoms with E-state index in [0.29, 0.717) is 25.7 Å². The van der Waals surface area contributed by atoms with Crippen LogP contribution in [-0.4, -0.2) is 60.9 Å². The van der Waals surface area contributed by atoms with Gasteiger partial charge in [0.1, 0.15) is 6.61 Å². The molecule has 0 spiro atoms. The Morgan fingerprint density at radius 1 is 0.448 bits per heavy atom. The predicted octanol–water partition coefficient (Wildman–Crippen LogP) is 12.5. The molecule has 0 aromatic rings. The molecule has 10 heteroatoms. The number of hydrogen-bond donors (Lipinski definition) is 0. The minimum absolute atomic E-state index is 0.119. The van der Waals surface area contributed by atoms with Crippen LogP contribution in [0, 0.1) is 0 Å². The van der Waals surface area contributed by atoms with Crippen molar-refractivity contribution in [3.8, 4) is 0 Å². The van der Waals surface area contributed by atoms with Gasteiger partial charge in [0, 0.05) is 25.7 Å². The fraction of sp³-hybridized carbons (Fsp3) is 0.896. The molecule has 0 N–H and O–H groups in total. The summed E-state index contributed by atoms with van der Waals surface area (Å²) in [6.07, 6.45) is 26.7. The molecule has 0 bridgehead atoms. The number of ether oxygens (including phenoxy) is 5. The van der Waals surface area contributed by atoms with E-state index in [1.54, 1.807) is 0 Å². The molecule has 1 heterocycles. The van der Waals surface area contributed by atoms with Crippen molar-refractivity contribution >= 4 is 29.8 Å². The van der Waals surface area contributed by atoms with Crippen LogP contribution in [0.25, 0.3) is 0 Å². The van der Waals surface area contributed by atoms with Gasteiger partial charge in [-0.05, 0) is 25.7 Å². The maximum Gasteiger partial charge on any atom is 0.352 e. The lowest BCUT2D eigenvalue weighted by atomic mass is 10.0. The van der Waals surface area contributed by atoms with Crippen molar-refractivity contribution in [2.75, 3.05) is 6.61 Å². The van der Waals surface area contributed by atoms with Crippen molar-refractivity contribution in [3.05, 3.63) is 0 Å². The SMILES string of the molecule is CCCCCCCCCCCC(=O)OC[C@@H](OC(=O)CCCCCCCCC)[C@H]1OC(=O)[C@H](OC(=O)CCCCCCCCC)[C@H]1OC(=O)CCCCCCCCC. The first-order valence-electron chi connectivity index (χ1n) is 24.2. The number of carbonyl (C=O) groups is 5. The molecular weight excluding hydrogens is 737 g/mol. The normalized spacial score (nSPS) is 16.8. The third-order valence-electron chi connectivity index (χ3n) is 11.1. The molecular formula is C48H86O10. The minimum atomic E-state index is -1.51. The summed E-state index contributed by atoms with van der Waals surface area (Å²) in [6, 6.07) is 0. The number of unbranched alkanes of at least 4 members (excludes halogenated alkanes) is 26. The number of esters is 5. The van der Waals surface area contributed by atoms with Gasteiger partial charge >= 0.3 is 29.8 Å². The lowest BCUT2D eigenvalue weighted by Gasteiger charge is -2.27. The number of hydrogen-bond acceptors (Lipinski definition) is 10. The summed E-state index contributed by atoms with van der Waals surface area (Å²) >= 11 is 0. The van der Waals surface area contributed by atoms with Gasteiger partial charge in [-0.15, -0.1) is 0 Å². The largest absolute Gasteiger partial charge is 0.462 e. The zero-order chi connectivity index (χ0) is 42.5. The average molecular weight is 823 g/mol. The molecule has 0 amide bonds. The van der Waals surface area contributed by atoms with Gasteiger partial charge in [0.25, 0.3) is 0 Å². The Labute approximate surface area is 353 Å². The van der Waals surface area contributed by atoms with Crippen molar-refractivity contribution in [1.29, 1.82) is 0 Å². The Hall–Kier alpha value is -2.65. The molecule has 0 aromatic heterocycles. The molecule has 0 radical (unpaired) electrons. The standard InChI is InChI=1S/C48H86O10/c1-5-9-13-17-21-22-26-27-31-35-41(49)54-39-40(55-42(50)36-32-28-23-18-14-10-6-2)45-46(56-43(51)37-33-29-24-19-15-11-7-3)47(48(53)58-45)57-44(52)38-34-30-25-20-16-12-8-4/h40,45-47H,5-39H2,1-4H3/t40-,45-,46+,47-/m1/s1. The van der Waals surface area contributed by atoms with Crippen LogP contribution in [0.15, 0.2) is 0 Å². The smallest absolute Gasteiger partial charge is 0.352 e. The van der Waals surface area contributed by atoms with E-state index in [-0.39, 0.29) is 32.3 Å². The van der Waals surface area contributed by atoms with Crippen LogP contribution < -0.4 is 0 Å². The fourth-order valence-corrected chi connectivity index (χ4v) is 7.45. The minimum Gasteiger partial charge on any atom is -0.462 e. The van der Waals surface area contributed by atoms with Crippen LogP contribution in [0.4, 0.5) is 0 Å². The van der Waals surface area contributed by atoms with Crippen molar-refractivity contribution in [3.63, 3.8) is 0 Å². The van der Waals surface area contributed by atoms with E-state index in [2.05, 4.69) is 27.7 Å². The molecule has 1 fully saturated rings. The second kappa shape index (κ2) is 37.4. The van der Waals surface area contributed by atoms with Crippen molar-refractivity contribution in [2.45, 2.75) is 270 Å². The quantitative estimate of drug-likeness (QED) is 0.0334. The van der Waals surface area contributed by atoms with Crippen molar-refractivity contribution in [1.82, 2.24) is 0 Å². The maximum absolute atomic E-state index is 13.4. The average Bonchev–Trinajstić information content (AvgIpc) is 3.50. The summed E-state index contributed by atoms with van der Waals surface area (Å²) in [7, 11) is 0. The third-order valence-corrected chi connectivity index (χ3v) is 11.1. The summed E-state index contributed by atoms with van der Waals surface area (Å²) in [5, 5.41) is 0. The molecule has 1 aliphatic heterocycles. The van der Waals surface area contributed by atoms with E-state index < -0.39 is 54.3 Å². The van der Waals surface area contributed by atoms with Crippen LogP contribution in [0.2, 0.25) is 0 Å². The lowest BCUT2D eigenvalue weighted by molar-refractivity contribution is -0.180. The molecule has 0 aromatic carbocycles. The first kappa shape index (κ1) is 53.4. The Balaban J connectivity index is 3.01. The zero-order valence-corrected chi connectivity index (χ0v) is 37.6. The van der Waals surface area contributed by atoms with Crippen molar-refractivity contribution in [2.24, 2.45) is 0 Å². The Kier molecular flexibility index (Phi) is 34.4. The second-order valence-electron chi connectivity index (χ2n) is 16.7. The summed E-state index contributed by atoms with van der Waals surface area (Å²) in [5.41, 5.74) is 0. The molecule has 0 aliphatic carbocycles. The lowest BCUT2D eigenvalue weighted by Crippen LogP contribution is -2.47. The molecule has 10 nitrogen and oxygen atoms in total. The van der Waals surface area contributed by atoms with E-state index in [0.717, 1.165) is 96.3 Å². The van der Waals surface area contributed by atoms with Crippen LogP contribution >= 0.6 is 0 Å². The van der Waals surface area contributed by atoms with Crippen LogP contribution in [0.1, 0.15) is 246 Å². The molecule has 1 aliphatic rings. The molecule has 0 saturated carbocycles. The first-order chi connectivity index (χ1) is 28.3. The number of carbonyl (C=O) groups excluding carboxylic acids is 5. The highest BCUT2D eigenvalue weighted by molar-refractivity contribution is 5.83. The van der Waals surface area contributed by atoms with E-state index in [1.807, 2.05) is 0 Å². The zero-order valence-electron chi connectivity index (χ0n) is 37.6. The summed E-state index contributed by atoms with van der Waals surface area (Å²) in [6.45, 7) is 8.35. The van der Waals surface area contributed by atoms with E-state index in [1.165, 1.54) is 70.6 Å². The molecule has 338 valence electrons. The third kappa shape index (κ3) is 27.9. The molecule has 0 unspecified atom stereocenters. The summed E-state index contributed by atoms with van der Waals surface area (Å²) in [5.74, 6) is -2.96. The van der Waals surface area contributed by atoms with Crippen LogP contribution in [-0.2, 0) is 47.7 Å². The number of cyclic esters (lactones) is 1. The van der Waals surface area contributed by atoms with Gasteiger partial charge in [-0.3, -0.25) is 19.2 Å². The van der Waals surface area contributed by atoms with Gasteiger partial charge in [-0.2, -0.15) is 0 Å². The predicted molar refractivity (Wildman–Crippen MR) is 230 cm³/mol. The van der Waals surface area contributed by atoms with Gasteiger partial charge in [0.05, 0.1) is 0 Å².